The molecule has 82 valence electrons. The topological polar surface area (TPSA) is 37.3 Å². The van der Waals surface area contributed by atoms with E-state index in [2.05, 4.69) is 18.2 Å². The Morgan fingerprint density at radius 1 is 1.19 bits per heavy atom. The molecule has 0 saturated carbocycles. The van der Waals surface area contributed by atoms with Crippen molar-refractivity contribution in [3.8, 4) is 0 Å². The second-order valence-corrected chi connectivity index (χ2v) is 3.95. The van der Waals surface area contributed by atoms with E-state index in [1.165, 1.54) is 16.7 Å². The number of benzene rings is 1. The average molecular weight is 214 g/mol. The second kappa shape index (κ2) is 4.79. The largest absolute Gasteiger partial charge is 0.481 e. The van der Waals surface area contributed by atoms with E-state index < -0.39 is 5.97 Å². The second-order valence-electron chi connectivity index (χ2n) is 3.95. The Hall–Kier alpha value is -1.83. The Kier molecular flexibility index (Phi) is 3.20. The van der Waals surface area contributed by atoms with Gasteiger partial charge in [-0.25, -0.2) is 0 Å². The molecular weight excluding hydrogens is 200 g/mol. The van der Waals surface area contributed by atoms with E-state index >= 15 is 0 Å². The maximum absolute atomic E-state index is 10.5. The zero-order valence-electron chi connectivity index (χ0n) is 9.02. The zero-order valence-corrected chi connectivity index (χ0v) is 9.02. The highest BCUT2D eigenvalue weighted by Gasteiger charge is 2.10. The summed E-state index contributed by atoms with van der Waals surface area (Å²) in [7, 11) is 0. The van der Waals surface area contributed by atoms with Crippen LogP contribution in [-0.2, 0) is 4.79 Å². The summed E-state index contributed by atoms with van der Waals surface area (Å²) in [4.78, 5) is 10.5. The number of hydrogen-bond donors (Lipinski definition) is 1. The molecule has 1 aromatic rings. The summed E-state index contributed by atoms with van der Waals surface area (Å²) in [5.41, 5.74) is 3.71. The molecule has 0 heterocycles. The number of carbonyl (C=O) groups is 1. The van der Waals surface area contributed by atoms with Gasteiger partial charge >= 0.3 is 5.97 Å². The van der Waals surface area contributed by atoms with E-state index in [-0.39, 0.29) is 6.42 Å². The SMILES string of the molecule is O=C(O)CCC1=CC=C(c2ccccc2)C1. The monoisotopic (exact) mass is 214 g/mol. The molecule has 0 saturated heterocycles. The molecule has 2 rings (SSSR count). The third-order valence-electron chi connectivity index (χ3n) is 2.74. The fourth-order valence-electron chi connectivity index (χ4n) is 1.87. The van der Waals surface area contributed by atoms with Gasteiger partial charge in [-0.15, -0.1) is 0 Å². The number of allylic oxidation sites excluding steroid dienone is 4. The van der Waals surface area contributed by atoms with Gasteiger partial charge in [-0.3, -0.25) is 4.79 Å². The lowest BCUT2D eigenvalue weighted by Crippen LogP contribution is -1.95. The van der Waals surface area contributed by atoms with Gasteiger partial charge in [0.05, 0.1) is 0 Å². The summed E-state index contributed by atoms with van der Waals surface area (Å²) in [6.45, 7) is 0. The van der Waals surface area contributed by atoms with Crippen LogP contribution in [0.4, 0.5) is 0 Å². The van der Waals surface area contributed by atoms with Crippen molar-refractivity contribution < 1.29 is 9.90 Å². The minimum absolute atomic E-state index is 0.224. The molecule has 0 atom stereocenters. The minimum atomic E-state index is -0.728. The molecular formula is C14H14O2. The molecule has 0 amide bonds. The van der Waals surface area contributed by atoms with Crippen molar-refractivity contribution in [1.29, 1.82) is 0 Å². The fraction of sp³-hybridized carbons (Fsp3) is 0.214. The van der Waals surface area contributed by atoms with Crippen LogP contribution in [0.1, 0.15) is 24.8 Å². The van der Waals surface area contributed by atoms with E-state index in [0.29, 0.717) is 6.42 Å². The normalized spacial score (nSPS) is 14.5. The first-order valence-corrected chi connectivity index (χ1v) is 5.41. The number of carboxylic acids is 1. The number of carboxylic acid groups (broad SMARTS) is 1. The van der Waals surface area contributed by atoms with Crippen molar-refractivity contribution in [3.63, 3.8) is 0 Å². The number of hydrogen-bond acceptors (Lipinski definition) is 1. The summed E-state index contributed by atoms with van der Waals surface area (Å²) < 4.78 is 0. The van der Waals surface area contributed by atoms with Crippen molar-refractivity contribution in [2.24, 2.45) is 0 Å². The predicted octanol–water partition coefficient (Wildman–Crippen LogP) is 3.26. The molecule has 0 aliphatic heterocycles. The van der Waals surface area contributed by atoms with E-state index in [9.17, 15) is 4.79 Å². The maximum atomic E-state index is 10.5. The van der Waals surface area contributed by atoms with Crippen LogP contribution < -0.4 is 0 Å². The van der Waals surface area contributed by atoms with Crippen LogP contribution in [0.5, 0.6) is 0 Å². The maximum Gasteiger partial charge on any atom is 0.303 e. The van der Waals surface area contributed by atoms with Gasteiger partial charge in [0, 0.05) is 6.42 Å². The van der Waals surface area contributed by atoms with Gasteiger partial charge in [0.2, 0.25) is 0 Å². The van der Waals surface area contributed by atoms with Crippen LogP contribution in [0.25, 0.3) is 5.57 Å². The fourth-order valence-corrected chi connectivity index (χ4v) is 1.87. The molecule has 0 unspecified atom stereocenters. The first-order chi connectivity index (χ1) is 7.75. The molecule has 0 fully saturated rings. The molecule has 0 bridgehead atoms. The predicted molar refractivity (Wildman–Crippen MR) is 64.0 cm³/mol. The minimum Gasteiger partial charge on any atom is -0.481 e. The summed E-state index contributed by atoms with van der Waals surface area (Å²) in [5, 5.41) is 8.61. The Balaban J connectivity index is 1.94. The molecule has 1 N–H and O–H groups in total. The van der Waals surface area contributed by atoms with Crippen molar-refractivity contribution in [1.82, 2.24) is 0 Å². The summed E-state index contributed by atoms with van der Waals surface area (Å²) in [6, 6.07) is 10.2. The van der Waals surface area contributed by atoms with Crippen molar-refractivity contribution in [3.05, 3.63) is 53.6 Å². The number of aliphatic carboxylic acids is 1. The van der Waals surface area contributed by atoms with Crippen molar-refractivity contribution in [2.75, 3.05) is 0 Å². The Labute approximate surface area is 94.9 Å². The highest BCUT2D eigenvalue weighted by molar-refractivity contribution is 5.73. The lowest BCUT2D eigenvalue weighted by atomic mass is 10.0. The van der Waals surface area contributed by atoms with Crippen molar-refractivity contribution >= 4 is 11.5 Å². The van der Waals surface area contributed by atoms with Crippen LogP contribution in [0, 0.1) is 0 Å². The van der Waals surface area contributed by atoms with Crippen LogP contribution in [0.15, 0.2) is 48.1 Å². The summed E-state index contributed by atoms with van der Waals surface area (Å²) >= 11 is 0. The highest BCUT2D eigenvalue weighted by Crippen LogP contribution is 2.29. The molecule has 0 spiro atoms. The average Bonchev–Trinajstić information content (AvgIpc) is 2.76. The zero-order chi connectivity index (χ0) is 11.4. The van der Waals surface area contributed by atoms with Crippen LogP contribution >= 0.6 is 0 Å². The Morgan fingerprint density at radius 2 is 1.94 bits per heavy atom. The van der Waals surface area contributed by atoms with E-state index in [4.69, 9.17) is 5.11 Å². The highest BCUT2D eigenvalue weighted by atomic mass is 16.4. The van der Waals surface area contributed by atoms with Gasteiger partial charge in [0.1, 0.15) is 0 Å². The van der Waals surface area contributed by atoms with Crippen LogP contribution in [-0.4, -0.2) is 11.1 Å². The first-order valence-electron chi connectivity index (χ1n) is 5.41. The lowest BCUT2D eigenvalue weighted by molar-refractivity contribution is -0.136. The molecule has 1 aliphatic carbocycles. The van der Waals surface area contributed by atoms with E-state index in [1.54, 1.807) is 0 Å². The molecule has 0 radical (unpaired) electrons. The Bertz CT molecular complexity index is 441. The smallest absolute Gasteiger partial charge is 0.303 e. The van der Waals surface area contributed by atoms with Gasteiger partial charge in [0.25, 0.3) is 0 Å². The van der Waals surface area contributed by atoms with Gasteiger partial charge in [-0.1, -0.05) is 48.1 Å². The molecule has 0 aromatic heterocycles. The van der Waals surface area contributed by atoms with Gasteiger partial charge in [0.15, 0.2) is 0 Å². The van der Waals surface area contributed by atoms with Gasteiger partial charge in [-0.05, 0) is 24.0 Å². The van der Waals surface area contributed by atoms with Gasteiger partial charge in [-0.2, -0.15) is 0 Å². The number of rotatable bonds is 4. The third kappa shape index (κ3) is 2.60. The van der Waals surface area contributed by atoms with Crippen LogP contribution in [0.2, 0.25) is 0 Å². The van der Waals surface area contributed by atoms with Gasteiger partial charge < -0.3 is 5.11 Å². The first kappa shape index (κ1) is 10.7. The van der Waals surface area contributed by atoms with Crippen LogP contribution in [0.3, 0.4) is 0 Å². The molecule has 2 nitrogen and oxygen atoms in total. The summed E-state index contributed by atoms with van der Waals surface area (Å²) in [6.07, 6.45) is 5.90. The third-order valence-corrected chi connectivity index (χ3v) is 2.74. The molecule has 1 aliphatic rings. The van der Waals surface area contributed by atoms with E-state index in [1.807, 2.05) is 24.3 Å². The molecule has 1 aromatic carbocycles. The molecule has 2 heteroatoms. The molecule has 16 heavy (non-hydrogen) atoms. The Morgan fingerprint density at radius 3 is 2.62 bits per heavy atom. The van der Waals surface area contributed by atoms with E-state index in [0.717, 1.165) is 6.42 Å². The van der Waals surface area contributed by atoms with Crippen molar-refractivity contribution in [2.45, 2.75) is 19.3 Å². The lowest BCUT2D eigenvalue weighted by Gasteiger charge is -2.04. The quantitative estimate of drug-likeness (QED) is 0.835. The standard InChI is InChI=1S/C14H14O2/c15-14(16)9-7-11-6-8-13(10-11)12-4-2-1-3-5-12/h1-6,8H,7,9-10H2,(H,15,16). The summed E-state index contributed by atoms with van der Waals surface area (Å²) in [5.74, 6) is -0.728.